The van der Waals surface area contributed by atoms with Gasteiger partial charge < -0.3 is 10.0 Å². The van der Waals surface area contributed by atoms with Gasteiger partial charge in [-0.1, -0.05) is 34.1 Å². The van der Waals surface area contributed by atoms with Crippen LogP contribution in [0.25, 0.3) is 0 Å². The van der Waals surface area contributed by atoms with Gasteiger partial charge in [-0.2, -0.15) is 0 Å². The largest absolute Gasteiger partial charge is 0.389 e. The highest BCUT2D eigenvalue weighted by molar-refractivity contribution is 9.10. The molecule has 2 nitrogen and oxygen atoms in total. The molecular weight excluding hydrogens is 309 g/mol. The summed E-state index contributed by atoms with van der Waals surface area (Å²) in [6.45, 7) is 1.71. The molecule has 0 fully saturated rings. The van der Waals surface area contributed by atoms with Gasteiger partial charge in [-0.25, -0.2) is 4.39 Å². The van der Waals surface area contributed by atoms with Crippen LogP contribution in [0.15, 0.2) is 46.9 Å². The minimum atomic E-state index is -0.540. The molecule has 19 heavy (non-hydrogen) atoms. The zero-order valence-corrected chi connectivity index (χ0v) is 12.4. The van der Waals surface area contributed by atoms with Gasteiger partial charge in [-0.3, -0.25) is 0 Å². The van der Waals surface area contributed by atoms with Crippen molar-refractivity contribution in [3.8, 4) is 0 Å². The van der Waals surface area contributed by atoms with Gasteiger partial charge in [0.2, 0.25) is 0 Å². The molecule has 0 saturated heterocycles. The Morgan fingerprint density at radius 3 is 2.47 bits per heavy atom. The molecule has 2 aromatic carbocycles. The summed E-state index contributed by atoms with van der Waals surface area (Å²) in [5.41, 5.74) is 2.17. The van der Waals surface area contributed by atoms with Crippen molar-refractivity contribution in [3.63, 3.8) is 0 Å². The van der Waals surface area contributed by atoms with E-state index in [0.717, 1.165) is 15.7 Å². The van der Waals surface area contributed by atoms with Gasteiger partial charge in [-0.15, -0.1) is 0 Å². The molecule has 0 aliphatic carbocycles. The molecule has 4 heteroatoms. The van der Waals surface area contributed by atoms with Crippen LogP contribution < -0.4 is 4.90 Å². The number of rotatable bonds is 3. The Bertz CT molecular complexity index is 586. The monoisotopic (exact) mass is 323 g/mol. The van der Waals surface area contributed by atoms with Gasteiger partial charge in [0.1, 0.15) is 5.82 Å². The number of aliphatic hydroxyl groups is 1. The molecule has 0 amide bonds. The van der Waals surface area contributed by atoms with Gasteiger partial charge in [0.15, 0.2) is 0 Å². The number of hydrogen-bond donors (Lipinski definition) is 1. The number of aliphatic hydroxyl groups excluding tert-OH is 1. The van der Waals surface area contributed by atoms with Crippen LogP contribution in [-0.2, 0) is 0 Å². The van der Waals surface area contributed by atoms with Gasteiger partial charge in [0.25, 0.3) is 0 Å². The minimum Gasteiger partial charge on any atom is -0.389 e. The molecule has 2 aromatic rings. The lowest BCUT2D eigenvalue weighted by Gasteiger charge is -2.21. The second kappa shape index (κ2) is 5.72. The third kappa shape index (κ3) is 2.96. The average molecular weight is 324 g/mol. The molecule has 1 N–H and O–H groups in total. The van der Waals surface area contributed by atoms with Crippen LogP contribution in [0.1, 0.15) is 18.6 Å². The highest BCUT2D eigenvalue weighted by Gasteiger charge is 2.12. The van der Waals surface area contributed by atoms with E-state index in [9.17, 15) is 9.50 Å². The predicted molar refractivity (Wildman–Crippen MR) is 79.2 cm³/mol. The van der Waals surface area contributed by atoms with Crippen LogP contribution in [-0.4, -0.2) is 12.2 Å². The van der Waals surface area contributed by atoms with Gasteiger partial charge in [-0.05, 0) is 36.8 Å². The summed E-state index contributed by atoms with van der Waals surface area (Å²) in [4.78, 5) is 1.77. The Kier molecular flexibility index (Phi) is 4.22. The normalized spacial score (nSPS) is 12.3. The second-order valence-corrected chi connectivity index (χ2v) is 5.25. The SMILES string of the molecule is CC(O)c1ccc(N(C)c2ccccc2F)cc1Br. The fourth-order valence-corrected chi connectivity index (χ4v) is 2.62. The summed E-state index contributed by atoms with van der Waals surface area (Å²) in [7, 11) is 1.81. The highest BCUT2D eigenvalue weighted by Crippen LogP contribution is 2.31. The number of anilines is 2. The van der Waals surface area contributed by atoms with Gasteiger partial charge in [0.05, 0.1) is 11.8 Å². The van der Waals surface area contributed by atoms with Crippen molar-refractivity contribution in [2.24, 2.45) is 0 Å². The molecule has 0 aliphatic rings. The van der Waals surface area contributed by atoms with E-state index in [1.165, 1.54) is 6.07 Å². The number of hydrogen-bond acceptors (Lipinski definition) is 2. The van der Waals surface area contributed by atoms with E-state index in [-0.39, 0.29) is 5.82 Å². The van der Waals surface area contributed by atoms with E-state index in [4.69, 9.17) is 0 Å². The number of benzene rings is 2. The summed E-state index contributed by atoms with van der Waals surface area (Å²) in [5.74, 6) is -0.263. The number of nitrogens with zero attached hydrogens (tertiary/aromatic N) is 1. The summed E-state index contributed by atoms with van der Waals surface area (Å²) in [6, 6.07) is 12.2. The van der Waals surface area contributed by atoms with Crippen molar-refractivity contribution in [2.75, 3.05) is 11.9 Å². The Hall–Kier alpha value is -1.39. The fraction of sp³-hybridized carbons (Fsp3) is 0.200. The van der Waals surface area contributed by atoms with Crippen LogP contribution in [0.3, 0.4) is 0 Å². The third-order valence-corrected chi connectivity index (χ3v) is 3.72. The first-order valence-electron chi connectivity index (χ1n) is 5.96. The zero-order valence-electron chi connectivity index (χ0n) is 10.8. The van der Waals surface area contributed by atoms with Crippen LogP contribution in [0.2, 0.25) is 0 Å². The van der Waals surface area contributed by atoms with Crippen molar-refractivity contribution in [1.29, 1.82) is 0 Å². The molecule has 0 aliphatic heterocycles. The lowest BCUT2D eigenvalue weighted by molar-refractivity contribution is 0.198. The first-order chi connectivity index (χ1) is 9.00. The maximum Gasteiger partial charge on any atom is 0.146 e. The van der Waals surface area contributed by atoms with E-state index in [2.05, 4.69) is 15.9 Å². The third-order valence-electron chi connectivity index (χ3n) is 3.04. The average Bonchev–Trinajstić information content (AvgIpc) is 2.38. The molecule has 2 rings (SSSR count). The van der Waals surface area contributed by atoms with E-state index in [1.807, 2.05) is 25.2 Å². The number of halogens is 2. The molecular formula is C15H15BrFNO. The van der Waals surface area contributed by atoms with Crippen LogP contribution >= 0.6 is 15.9 Å². The maximum absolute atomic E-state index is 13.7. The van der Waals surface area contributed by atoms with Crippen molar-refractivity contribution in [2.45, 2.75) is 13.0 Å². The van der Waals surface area contributed by atoms with Crippen molar-refractivity contribution < 1.29 is 9.50 Å². The lowest BCUT2D eigenvalue weighted by atomic mass is 10.1. The molecule has 0 saturated carbocycles. The first-order valence-corrected chi connectivity index (χ1v) is 6.75. The van der Waals surface area contributed by atoms with Crippen LogP contribution in [0.5, 0.6) is 0 Å². The number of para-hydroxylation sites is 1. The van der Waals surface area contributed by atoms with Crippen molar-refractivity contribution >= 4 is 27.3 Å². The molecule has 1 atom stereocenters. The second-order valence-electron chi connectivity index (χ2n) is 4.39. The standard InChI is InChI=1S/C15H15BrFNO/c1-10(19)12-8-7-11(9-13(12)16)18(2)15-6-4-3-5-14(15)17/h3-10,19H,1-2H3. The molecule has 1 unspecified atom stereocenters. The van der Waals surface area contributed by atoms with E-state index < -0.39 is 6.10 Å². The van der Waals surface area contributed by atoms with Crippen LogP contribution in [0, 0.1) is 5.82 Å². The lowest BCUT2D eigenvalue weighted by Crippen LogP contribution is -2.11. The molecule has 0 radical (unpaired) electrons. The Labute approximate surface area is 120 Å². The summed E-state index contributed by atoms with van der Waals surface area (Å²) in [5, 5.41) is 9.59. The summed E-state index contributed by atoms with van der Waals surface area (Å²) < 4.78 is 14.5. The maximum atomic E-state index is 13.7. The first kappa shape index (κ1) is 14.0. The smallest absolute Gasteiger partial charge is 0.146 e. The Morgan fingerprint density at radius 2 is 1.89 bits per heavy atom. The van der Waals surface area contributed by atoms with E-state index in [0.29, 0.717) is 5.69 Å². The van der Waals surface area contributed by atoms with E-state index >= 15 is 0 Å². The van der Waals surface area contributed by atoms with E-state index in [1.54, 1.807) is 30.0 Å². The molecule has 0 aromatic heterocycles. The summed E-state index contributed by atoms with van der Waals surface area (Å²) >= 11 is 3.43. The quantitative estimate of drug-likeness (QED) is 0.904. The van der Waals surface area contributed by atoms with Crippen LogP contribution in [0.4, 0.5) is 15.8 Å². The van der Waals surface area contributed by atoms with Crippen molar-refractivity contribution in [3.05, 3.63) is 58.3 Å². The highest BCUT2D eigenvalue weighted by atomic mass is 79.9. The molecule has 0 heterocycles. The van der Waals surface area contributed by atoms with Crippen molar-refractivity contribution in [1.82, 2.24) is 0 Å². The zero-order chi connectivity index (χ0) is 14.0. The Balaban J connectivity index is 2.38. The molecule has 0 bridgehead atoms. The summed E-state index contributed by atoms with van der Waals surface area (Å²) in [6.07, 6.45) is -0.540. The molecule has 0 spiro atoms. The predicted octanol–water partition coefficient (Wildman–Crippen LogP) is 4.41. The minimum absolute atomic E-state index is 0.263. The van der Waals surface area contributed by atoms with Gasteiger partial charge >= 0.3 is 0 Å². The van der Waals surface area contributed by atoms with Gasteiger partial charge in [0, 0.05) is 17.2 Å². The Morgan fingerprint density at radius 1 is 1.21 bits per heavy atom. The fourth-order valence-electron chi connectivity index (χ4n) is 1.93. The molecule has 100 valence electrons. The topological polar surface area (TPSA) is 23.5 Å².